The summed E-state index contributed by atoms with van der Waals surface area (Å²) in [6, 6.07) is 12.1. The topological polar surface area (TPSA) is 139 Å². The molecule has 14 heteroatoms. The van der Waals surface area contributed by atoms with Crippen LogP contribution >= 0.6 is 0 Å². The van der Waals surface area contributed by atoms with E-state index >= 15 is 4.39 Å². The lowest BCUT2D eigenvalue weighted by atomic mass is 9.87. The lowest BCUT2D eigenvalue weighted by molar-refractivity contribution is -0.137. The van der Waals surface area contributed by atoms with E-state index in [1.54, 1.807) is 24.3 Å². The van der Waals surface area contributed by atoms with Crippen molar-refractivity contribution in [1.82, 2.24) is 5.32 Å². The van der Waals surface area contributed by atoms with E-state index in [1.807, 2.05) is 12.2 Å². The molecule has 2 bridgehead atoms. The fourth-order valence-electron chi connectivity index (χ4n) is 5.97. The van der Waals surface area contributed by atoms with E-state index in [2.05, 4.69) is 10.6 Å². The van der Waals surface area contributed by atoms with Crippen molar-refractivity contribution >= 4 is 33.3 Å². The Labute approximate surface area is 261 Å². The first kappa shape index (κ1) is 32.7. The summed E-state index contributed by atoms with van der Waals surface area (Å²) in [5.74, 6) is -4.43. The standard InChI is InChI=1S/C32H28F4N2O7S/c1-45-26-16-25(33)23(18-5-2-4-17(12-18)8-11-27(39)40)15-24(26)30(41)38-29-20-10-9-19(13-20)28(29)31(42)37-21-6-3-7-22(14-21)46(43,44)32(34,35)36/h2-7,9-10,12,14-16,19-20,28-29H,8,11,13H2,1H3,(H,37,42)(H,38,41)(H,39,40)/t19-,20+,28+,29-/m0/s1. The van der Waals surface area contributed by atoms with Gasteiger partial charge in [-0.05, 0) is 60.1 Å². The highest BCUT2D eigenvalue weighted by atomic mass is 32.2. The van der Waals surface area contributed by atoms with E-state index in [9.17, 15) is 36.0 Å². The monoisotopic (exact) mass is 660 g/mol. The van der Waals surface area contributed by atoms with Gasteiger partial charge in [0.15, 0.2) is 0 Å². The quantitative estimate of drug-likeness (QED) is 0.196. The van der Waals surface area contributed by atoms with E-state index in [1.165, 1.54) is 19.2 Å². The fourth-order valence-corrected chi connectivity index (χ4v) is 6.78. The fraction of sp³-hybridized carbons (Fsp3) is 0.281. The summed E-state index contributed by atoms with van der Waals surface area (Å²) in [6.07, 6.45) is 4.29. The molecule has 0 spiro atoms. The van der Waals surface area contributed by atoms with Gasteiger partial charge in [0.2, 0.25) is 5.91 Å². The predicted molar refractivity (Wildman–Crippen MR) is 158 cm³/mol. The second-order valence-electron chi connectivity index (χ2n) is 11.1. The summed E-state index contributed by atoms with van der Waals surface area (Å²) < 4.78 is 83.5. The summed E-state index contributed by atoms with van der Waals surface area (Å²) in [5.41, 5.74) is -4.57. The molecule has 0 aromatic heterocycles. The zero-order valence-corrected chi connectivity index (χ0v) is 25.0. The highest BCUT2D eigenvalue weighted by molar-refractivity contribution is 7.92. The second-order valence-corrected chi connectivity index (χ2v) is 13.0. The number of carbonyl (C=O) groups excluding carboxylic acids is 2. The molecule has 3 aromatic rings. The van der Waals surface area contributed by atoms with Crippen molar-refractivity contribution in [3.05, 3.63) is 89.8 Å². The van der Waals surface area contributed by atoms with Gasteiger partial charge in [0.05, 0.1) is 23.5 Å². The summed E-state index contributed by atoms with van der Waals surface area (Å²) in [5, 5.41) is 14.3. The molecule has 2 amide bonds. The molecule has 1 saturated carbocycles. The number of hydrogen-bond donors (Lipinski definition) is 3. The maximum atomic E-state index is 15.2. The average molecular weight is 661 g/mol. The maximum Gasteiger partial charge on any atom is 0.501 e. The van der Waals surface area contributed by atoms with Crippen molar-refractivity contribution in [2.24, 2.45) is 17.8 Å². The number of hydrogen-bond acceptors (Lipinski definition) is 6. The van der Waals surface area contributed by atoms with Gasteiger partial charge in [-0.15, -0.1) is 0 Å². The third kappa shape index (κ3) is 6.48. The lowest BCUT2D eigenvalue weighted by Gasteiger charge is -2.28. The number of anilines is 1. The van der Waals surface area contributed by atoms with Gasteiger partial charge in [-0.1, -0.05) is 42.5 Å². The summed E-state index contributed by atoms with van der Waals surface area (Å²) in [6.45, 7) is 0. The maximum absolute atomic E-state index is 15.2. The van der Waals surface area contributed by atoms with Crippen LogP contribution in [0.3, 0.4) is 0 Å². The molecule has 5 rings (SSSR count). The van der Waals surface area contributed by atoms with Crippen LogP contribution in [0.25, 0.3) is 11.1 Å². The highest BCUT2D eigenvalue weighted by Gasteiger charge is 2.49. The number of aliphatic carboxylic acids is 1. The van der Waals surface area contributed by atoms with Gasteiger partial charge >= 0.3 is 11.5 Å². The Balaban J connectivity index is 1.39. The molecule has 9 nitrogen and oxygen atoms in total. The van der Waals surface area contributed by atoms with Crippen molar-refractivity contribution in [1.29, 1.82) is 0 Å². The molecule has 3 N–H and O–H groups in total. The smallest absolute Gasteiger partial charge is 0.496 e. The minimum Gasteiger partial charge on any atom is -0.496 e. The van der Waals surface area contributed by atoms with Crippen LogP contribution in [0.5, 0.6) is 5.75 Å². The van der Waals surface area contributed by atoms with Crippen LogP contribution < -0.4 is 15.4 Å². The molecule has 1 fully saturated rings. The molecular formula is C32H28F4N2O7S. The number of allylic oxidation sites excluding steroid dienone is 1. The Bertz CT molecular complexity index is 1840. The summed E-state index contributed by atoms with van der Waals surface area (Å²) in [7, 11) is -4.38. The van der Waals surface area contributed by atoms with Gasteiger partial charge < -0.3 is 20.5 Å². The van der Waals surface area contributed by atoms with Crippen LogP contribution in [-0.4, -0.2) is 50.0 Å². The van der Waals surface area contributed by atoms with Crippen LogP contribution in [0.15, 0.2) is 77.7 Å². The second kappa shape index (κ2) is 12.6. The first-order chi connectivity index (χ1) is 21.7. The molecule has 0 unspecified atom stereocenters. The third-order valence-electron chi connectivity index (χ3n) is 8.18. The van der Waals surface area contributed by atoms with Gasteiger partial charge in [0, 0.05) is 29.8 Å². The first-order valence-corrected chi connectivity index (χ1v) is 15.6. The number of alkyl halides is 3. The normalized spacial score (nSPS) is 20.4. The molecule has 3 aromatic carbocycles. The zero-order chi connectivity index (χ0) is 33.4. The van der Waals surface area contributed by atoms with Crippen molar-refractivity contribution in [3.63, 3.8) is 0 Å². The van der Waals surface area contributed by atoms with Crippen LogP contribution in [0.4, 0.5) is 23.2 Å². The van der Waals surface area contributed by atoms with E-state index in [0.29, 0.717) is 17.5 Å². The van der Waals surface area contributed by atoms with Crippen molar-refractivity contribution in [2.75, 3.05) is 12.4 Å². The molecule has 0 aliphatic heterocycles. The molecule has 242 valence electrons. The Morgan fingerprint density at radius 1 is 1.00 bits per heavy atom. The molecular weight excluding hydrogens is 632 g/mol. The van der Waals surface area contributed by atoms with Gasteiger partial charge in [0.25, 0.3) is 15.7 Å². The molecule has 2 aliphatic carbocycles. The number of amides is 2. The number of aryl methyl sites for hydroxylation is 1. The van der Waals surface area contributed by atoms with Crippen molar-refractivity contribution in [2.45, 2.75) is 35.7 Å². The van der Waals surface area contributed by atoms with E-state index in [-0.39, 0.29) is 47.2 Å². The highest BCUT2D eigenvalue weighted by Crippen LogP contribution is 2.45. The predicted octanol–water partition coefficient (Wildman–Crippen LogP) is 5.37. The van der Waals surface area contributed by atoms with E-state index in [4.69, 9.17) is 9.84 Å². The number of benzene rings is 3. The number of carboxylic acid groups (broad SMARTS) is 1. The Kier molecular flexibility index (Phi) is 8.94. The average Bonchev–Trinajstić information content (AvgIpc) is 3.61. The third-order valence-corrected chi connectivity index (χ3v) is 9.66. The summed E-state index contributed by atoms with van der Waals surface area (Å²) >= 11 is 0. The largest absolute Gasteiger partial charge is 0.501 e. The number of ether oxygens (including phenoxy) is 1. The van der Waals surface area contributed by atoms with Crippen LogP contribution in [0, 0.1) is 23.6 Å². The van der Waals surface area contributed by atoms with Gasteiger partial charge in [0.1, 0.15) is 11.6 Å². The number of methoxy groups -OCH3 is 1. The van der Waals surface area contributed by atoms with Gasteiger partial charge in [-0.3, -0.25) is 14.4 Å². The molecule has 0 saturated heterocycles. The molecule has 46 heavy (non-hydrogen) atoms. The van der Waals surface area contributed by atoms with Crippen LogP contribution in [0.1, 0.15) is 28.8 Å². The Hall–Kier alpha value is -4.72. The number of rotatable bonds is 10. The molecule has 0 heterocycles. The molecule has 2 aliphatic rings. The van der Waals surface area contributed by atoms with Gasteiger partial charge in [-0.25, -0.2) is 12.8 Å². The Morgan fingerprint density at radius 3 is 2.41 bits per heavy atom. The van der Waals surface area contributed by atoms with Crippen LogP contribution in [0.2, 0.25) is 0 Å². The zero-order valence-electron chi connectivity index (χ0n) is 24.2. The van der Waals surface area contributed by atoms with E-state index < -0.39 is 55.8 Å². The number of carbonyl (C=O) groups is 3. The SMILES string of the molecule is COc1cc(F)c(-c2cccc(CCC(=O)O)c2)cc1C(=O)N[C@@H]1[C@H](C(=O)Nc2cccc(S(=O)(=O)C(F)(F)F)c2)[C@H]2C=C[C@@H]1C2. The van der Waals surface area contributed by atoms with Crippen LogP contribution in [-0.2, 0) is 25.8 Å². The minimum atomic E-state index is -5.64. The van der Waals surface area contributed by atoms with Gasteiger partial charge in [-0.2, -0.15) is 13.2 Å². The number of fused-ring (bicyclic) bond motifs is 2. The lowest BCUT2D eigenvalue weighted by Crippen LogP contribution is -2.47. The van der Waals surface area contributed by atoms with E-state index in [0.717, 1.165) is 24.3 Å². The molecule has 0 radical (unpaired) electrons. The van der Waals surface area contributed by atoms with Crippen molar-refractivity contribution in [3.8, 4) is 16.9 Å². The first-order valence-electron chi connectivity index (χ1n) is 14.1. The number of sulfone groups is 1. The Morgan fingerprint density at radius 2 is 1.72 bits per heavy atom. The number of halogens is 4. The number of nitrogens with one attached hydrogen (secondary N) is 2. The molecule has 4 atom stereocenters. The van der Waals surface area contributed by atoms with Crippen molar-refractivity contribution < 1.29 is 50.2 Å². The number of carboxylic acids is 1. The summed E-state index contributed by atoms with van der Waals surface area (Å²) in [4.78, 5) is 37.1. The minimum absolute atomic E-state index is 0.0224.